The van der Waals surface area contributed by atoms with E-state index >= 15 is 0 Å². The van der Waals surface area contributed by atoms with Crippen LogP contribution in [-0.4, -0.2) is 20.7 Å². The quantitative estimate of drug-likeness (QED) is 0.334. The van der Waals surface area contributed by atoms with Gasteiger partial charge in [0.2, 0.25) is 5.13 Å². The van der Waals surface area contributed by atoms with Crippen LogP contribution in [0.25, 0.3) is 22.5 Å². The topological polar surface area (TPSA) is 96.7 Å². The molecule has 0 atom stereocenters. The molecule has 1 N–H and O–H groups in total. The van der Waals surface area contributed by atoms with Crippen molar-refractivity contribution >= 4 is 44.4 Å². The Hall–Kier alpha value is -3.48. The van der Waals surface area contributed by atoms with E-state index in [-0.39, 0.29) is 10.7 Å². The second-order valence-electron chi connectivity index (χ2n) is 5.79. The molecule has 7 nitrogen and oxygen atoms in total. The highest BCUT2D eigenvalue weighted by Gasteiger charge is 2.15. The average molecular weight is 466 g/mol. The first-order valence-corrected chi connectivity index (χ1v) is 9.99. The van der Waals surface area contributed by atoms with Gasteiger partial charge in [-0.25, -0.2) is 0 Å². The lowest BCUT2D eigenvalue weighted by molar-refractivity contribution is -0.112. The molecule has 0 saturated heterocycles. The van der Waals surface area contributed by atoms with Crippen LogP contribution in [0.2, 0.25) is 0 Å². The SMILES string of the molecule is N#C/C(=C/c1cccn1-c1ccc(Br)cc1)C(=O)Nc1nnc(-c2ccco2)s1. The third-order valence-electron chi connectivity index (χ3n) is 3.92. The van der Waals surface area contributed by atoms with E-state index in [4.69, 9.17) is 4.42 Å². The van der Waals surface area contributed by atoms with Crippen molar-refractivity contribution in [3.63, 3.8) is 0 Å². The number of nitrogens with zero attached hydrogens (tertiary/aromatic N) is 4. The molecule has 4 aromatic rings. The Morgan fingerprint density at radius 1 is 1.21 bits per heavy atom. The number of hydrogen-bond acceptors (Lipinski definition) is 6. The summed E-state index contributed by atoms with van der Waals surface area (Å²) in [6, 6.07) is 16.8. The Kier molecular flexibility index (Phi) is 5.37. The van der Waals surface area contributed by atoms with E-state index in [0.29, 0.717) is 16.5 Å². The minimum absolute atomic E-state index is 0.0446. The van der Waals surface area contributed by atoms with Crippen LogP contribution in [0.15, 0.2) is 75.5 Å². The lowest BCUT2D eigenvalue weighted by atomic mass is 10.2. The molecule has 3 heterocycles. The number of anilines is 1. The van der Waals surface area contributed by atoms with Crippen LogP contribution in [0.1, 0.15) is 5.69 Å². The lowest BCUT2D eigenvalue weighted by Gasteiger charge is -2.07. The lowest BCUT2D eigenvalue weighted by Crippen LogP contribution is -2.13. The zero-order valence-electron chi connectivity index (χ0n) is 14.7. The zero-order chi connectivity index (χ0) is 20.2. The fraction of sp³-hybridized carbons (Fsp3) is 0. The molecule has 0 fully saturated rings. The van der Waals surface area contributed by atoms with E-state index in [1.807, 2.05) is 53.2 Å². The number of carbonyl (C=O) groups is 1. The molecule has 9 heteroatoms. The van der Waals surface area contributed by atoms with Gasteiger partial charge in [0.1, 0.15) is 11.6 Å². The van der Waals surface area contributed by atoms with Crippen LogP contribution >= 0.6 is 27.3 Å². The fourth-order valence-corrected chi connectivity index (χ4v) is 3.55. The second kappa shape index (κ2) is 8.26. The van der Waals surface area contributed by atoms with Gasteiger partial charge in [-0.05, 0) is 54.6 Å². The van der Waals surface area contributed by atoms with Crippen LogP contribution in [0, 0.1) is 11.3 Å². The van der Waals surface area contributed by atoms with E-state index in [0.717, 1.165) is 21.5 Å². The second-order valence-corrected chi connectivity index (χ2v) is 7.69. The number of nitrogens with one attached hydrogen (secondary N) is 1. The smallest absolute Gasteiger partial charge is 0.268 e. The zero-order valence-corrected chi connectivity index (χ0v) is 17.1. The van der Waals surface area contributed by atoms with Crippen LogP contribution in [0.3, 0.4) is 0 Å². The Labute approximate surface area is 178 Å². The van der Waals surface area contributed by atoms with E-state index in [9.17, 15) is 10.1 Å². The summed E-state index contributed by atoms with van der Waals surface area (Å²) in [5.74, 6) is 0.00424. The maximum Gasteiger partial charge on any atom is 0.268 e. The standard InChI is InChI=1S/C20H12BrN5O2S/c21-14-5-7-15(8-6-14)26-9-1-3-16(26)11-13(12-22)18(27)23-20-25-24-19(29-20)17-4-2-10-28-17/h1-11H,(H,23,25,27)/b13-11-. The van der Waals surface area contributed by atoms with E-state index in [1.165, 1.54) is 12.3 Å². The van der Waals surface area contributed by atoms with Crippen molar-refractivity contribution in [2.45, 2.75) is 0 Å². The van der Waals surface area contributed by atoms with Crippen LogP contribution < -0.4 is 5.32 Å². The highest BCUT2D eigenvalue weighted by atomic mass is 79.9. The molecule has 0 aliphatic rings. The number of halogens is 1. The first kappa shape index (κ1) is 18.9. The molecule has 4 rings (SSSR count). The third-order valence-corrected chi connectivity index (χ3v) is 5.30. The predicted molar refractivity (Wildman–Crippen MR) is 113 cm³/mol. The van der Waals surface area contributed by atoms with Gasteiger partial charge in [0.05, 0.1) is 6.26 Å². The molecule has 0 aliphatic carbocycles. The van der Waals surface area contributed by atoms with Gasteiger partial charge >= 0.3 is 0 Å². The van der Waals surface area contributed by atoms with Crippen molar-refractivity contribution in [3.8, 4) is 22.5 Å². The number of benzene rings is 1. The number of hydrogen-bond donors (Lipinski definition) is 1. The summed E-state index contributed by atoms with van der Waals surface area (Å²) in [5.41, 5.74) is 1.57. The van der Waals surface area contributed by atoms with Gasteiger partial charge in [-0.2, -0.15) is 5.26 Å². The van der Waals surface area contributed by atoms with E-state index < -0.39 is 5.91 Å². The summed E-state index contributed by atoms with van der Waals surface area (Å²) in [6.45, 7) is 0. The molecule has 0 unspecified atom stereocenters. The molecule has 1 aromatic carbocycles. The molecule has 1 amide bonds. The molecule has 142 valence electrons. The maximum atomic E-state index is 12.6. The summed E-state index contributed by atoms with van der Waals surface area (Å²) in [4.78, 5) is 12.6. The van der Waals surface area contributed by atoms with Crippen molar-refractivity contribution in [1.82, 2.24) is 14.8 Å². The summed E-state index contributed by atoms with van der Waals surface area (Å²) >= 11 is 4.57. The Bertz CT molecular complexity index is 1220. The minimum Gasteiger partial charge on any atom is -0.462 e. The number of carbonyl (C=O) groups excluding carboxylic acids is 1. The largest absolute Gasteiger partial charge is 0.462 e. The van der Waals surface area contributed by atoms with E-state index in [1.54, 1.807) is 12.1 Å². The van der Waals surface area contributed by atoms with Crippen molar-refractivity contribution < 1.29 is 9.21 Å². The molecule has 0 spiro atoms. The maximum absolute atomic E-state index is 12.6. The van der Waals surface area contributed by atoms with Crippen molar-refractivity contribution in [2.75, 3.05) is 5.32 Å². The number of nitriles is 1. The van der Waals surface area contributed by atoms with Crippen molar-refractivity contribution in [1.29, 1.82) is 5.26 Å². The van der Waals surface area contributed by atoms with Gasteiger partial charge in [-0.3, -0.25) is 10.1 Å². The van der Waals surface area contributed by atoms with Crippen LogP contribution in [0.4, 0.5) is 5.13 Å². The summed E-state index contributed by atoms with van der Waals surface area (Å²) < 4.78 is 8.12. The number of rotatable bonds is 5. The molecule has 29 heavy (non-hydrogen) atoms. The van der Waals surface area contributed by atoms with Gasteiger partial charge in [0.25, 0.3) is 5.91 Å². The van der Waals surface area contributed by atoms with Gasteiger partial charge in [-0.1, -0.05) is 27.3 Å². The van der Waals surface area contributed by atoms with Gasteiger partial charge in [0.15, 0.2) is 10.8 Å². The Balaban J connectivity index is 1.56. The molecular weight excluding hydrogens is 454 g/mol. The van der Waals surface area contributed by atoms with Crippen molar-refractivity contribution in [2.24, 2.45) is 0 Å². The Morgan fingerprint density at radius 3 is 2.76 bits per heavy atom. The highest BCUT2D eigenvalue weighted by molar-refractivity contribution is 9.10. The van der Waals surface area contributed by atoms with Crippen LogP contribution in [-0.2, 0) is 4.79 Å². The first-order chi connectivity index (χ1) is 14.1. The molecule has 0 radical (unpaired) electrons. The van der Waals surface area contributed by atoms with Gasteiger partial charge < -0.3 is 8.98 Å². The number of furan rings is 1. The molecule has 0 aliphatic heterocycles. The number of aromatic nitrogens is 3. The third kappa shape index (κ3) is 4.18. The normalized spacial score (nSPS) is 11.2. The average Bonchev–Trinajstić information content (AvgIpc) is 3.48. The summed E-state index contributed by atoms with van der Waals surface area (Å²) in [5, 5.41) is 20.8. The molecule has 3 aromatic heterocycles. The highest BCUT2D eigenvalue weighted by Crippen LogP contribution is 2.27. The molecular formula is C20H12BrN5O2S. The predicted octanol–water partition coefficient (Wildman–Crippen LogP) is 4.90. The van der Waals surface area contributed by atoms with Gasteiger partial charge in [0, 0.05) is 22.1 Å². The Morgan fingerprint density at radius 2 is 2.03 bits per heavy atom. The van der Waals surface area contributed by atoms with Crippen molar-refractivity contribution in [3.05, 3.63) is 76.7 Å². The monoisotopic (exact) mass is 465 g/mol. The summed E-state index contributed by atoms with van der Waals surface area (Å²) in [7, 11) is 0. The number of amides is 1. The first-order valence-electron chi connectivity index (χ1n) is 8.38. The minimum atomic E-state index is -0.557. The van der Waals surface area contributed by atoms with Gasteiger partial charge in [-0.15, -0.1) is 10.2 Å². The molecule has 0 saturated carbocycles. The fourth-order valence-electron chi connectivity index (χ4n) is 2.58. The summed E-state index contributed by atoms with van der Waals surface area (Å²) in [6.07, 6.45) is 4.93. The van der Waals surface area contributed by atoms with Crippen LogP contribution in [0.5, 0.6) is 0 Å². The van der Waals surface area contributed by atoms with E-state index in [2.05, 4.69) is 31.4 Å². The molecule has 0 bridgehead atoms.